The summed E-state index contributed by atoms with van der Waals surface area (Å²) in [7, 11) is -2.38. The number of piperazine rings is 1. The number of hydrogen-bond donors (Lipinski definition) is 0. The predicted octanol–water partition coefficient (Wildman–Crippen LogP) is 1.14. The first-order valence-electron chi connectivity index (χ1n) is 8.06. The van der Waals surface area contributed by atoms with Crippen LogP contribution in [-0.2, 0) is 14.8 Å². The fraction of sp³-hybridized carbons (Fsp3) is 0.562. The van der Waals surface area contributed by atoms with Gasteiger partial charge in [-0.2, -0.15) is 4.31 Å². The molecule has 0 spiro atoms. The van der Waals surface area contributed by atoms with Gasteiger partial charge in [0.2, 0.25) is 15.9 Å². The summed E-state index contributed by atoms with van der Waals surface area (Å²) in [5.74, 6) is -1.82. The van der Waals surface area contributed by atoms with E-state index in [2.05, 4.69) is 0 Å². The first kappa shape index (κ1) is 19.7. The molecule has 0 aliphatic carbocycles. The van der Waals surface area contributed by atoms with Gasteiger partial charge in [0, 0.05) is 39.3 Å². The van der Waals surface area contributed by atoms with Crippen molar-refractivity contribution in [2.24, 2.45) is 0 Å². The first-order chi connectivity index (χ1) is 11.6. The van der Waals surface area contributed by atoms with Gasteiger partial charge in [-0.05, 0) is 32.0 Å². The Balaban J connectivity index is 2.02. The maximum atomic E-state index is 13.8. The molecule has 1 saturated heterocycles. The Labute approximate surface area is 147 Å². The van der Waals surface area contributed by atoms with Gasteiger partial charge >= 0.3 is 0 Å². The van der Waals surface area contributed by atoms with Crippen LogP contribution in [0.3, 0.4) is 0 Å². The average Bonchev–Trinajstić information content (AvgIpc) is 2.56. The molecule has 9 heteroatoms. The van der Waals surface area contributed by atoms with Crippen LogP contribution in [0.2, 0.25) is 0 Å². The lowest BCUT2D eigenvalue weighted by molar-refractivity contribution is -0.132. The Hall–Kier alpha value is -1.58. The van der Waals surface area contributed by atoms with Crippen molar-refractivity contribution >= 4 is 15.9 Å². The van der Waals surface area contributed by atoms with Crippen molar-refractivity contribution in [2.45, 2.75) is 24.8 Å². The summed E-state index contributed by atoms with van der Waals surface area (Å²) < 4.78 is 53.2. The van der Waals surface area contributed by atoms with Gasteiger partial charge in [-0.25, -0.2) is 17.2 Å². The van der Waals surface area contributed by atoms with Gasteiger partial charge in [0.15, 0.2) is 0 Å². The van der Waals surface area contributed by atoms with Gasteiger partial charge in [-0.3, -0.25) is 9.69 Å². The smallest absolute Gasteiger partial charge is 0.246 e. The highest BCUT2D eigenvalue weighted by Crippen LogP contribution is 2.21. The van der Waals surface area contributed by atoms with Gasteiger partial charge in [-0.15, -0.1) is 0 Å². The number of hydrogen-bond acceptors (Lipinski definition) is 4. The molecule has 0 unspecified atom stereocenters. The first-order valence-corrected chi connectivity index (χ1v) is 9.50. The van der Waals surface area contributed by atoms with Gasteiger partial charge in [0.05, 0.1) is 6.54 Å². The van der Waals surface area contributed by atoms with Crippen molar-refractivity contribution in [3.05, 3.63) is 29.8 Å². The minimum absolute atomic E-state index is 0.0394. The molecule has 0 saturated carbocycles. The molecule has 1 amide bonds. The number of benzene rings is 1. The minimum atomic E-state index is -4.10. The molecule has 140 valence electrons. The summed E-state index contributed by atoms with van der Waals surface area (Å²) in [6, 6.07) is 2.46. The van der Waals surface area contributed by atoms with Crippen molar-refractivity contribution in [3.8, 4) is 0 Å². The summed E-state index contributed by atoms with van der Waals surface area (Å²) >= 11 is 0. The molecule has 0 radical (unpaired) electrons. The standard InChI is InChI=1S/C16H23F2N3O3S/c1-12(2)19(3)16(22)11-20-6-8-21(9-7-20)25(23,24)15-10-13(17)4-5-14(15)18/h4-5,10,12H,6-9,11H2,1-3H3. The number of halogens is 2. The van der Waals surface area contributed by atoms with E-state index < -0.39 is 26.6 Å². The van der Waals surface area contributed by atoms with Crippen LogP contribution >= 0.6 is 0 Å². The van der Waals surface area contributed by atoms with E-state index in [1.54, 1.807) is 11.9 Å². The Kier molecular flexibility index (Phi) is 6.12. The van der Waals surface area contributed by atoms with Gasteiger partial charge in [0.25, 0.3) is 0 Å². The number of likely N-dealkylation sites (N-methyl/N-ethyl adjacent to an activating group) is 1. The summed E-state index contributed by atoms with van der Waals surface area (Å²) in [5, 5.41) is 0. The topological polar surface area (TPSA) is 60.9 Å². The van der Waals surface area contributed by atoms with Crippen LogP contribution in [0.5, 0.6) is 0 Å². The van der Waals surface area contributed by atoms with Crippen LogP contribution < -0.4 is 0 Å². The van der Waals surface area contributed by atoms with Crippen LogP contribution in [0.4, 0.5) is 8.78 Å². The molecule has 25 heavy (non-hydrogen) atoms. The van der Waals surface area contributed by atoms with Crippen LogP contribution in [0.25, 0.3) is 0 Å². The van der Waals surface area contributed by atoms with Crippen molar-refractivity contribution in [1.82, 2.24) is 14.1 Å². The number of rotatable bonds is 5. The molecule has 1 aliphatic rings. The number of sulfonamides is 1. The Morgan fingerprint density at radius 3 is 2.36 bits per heavy atom. The van der Waals surface area contributed by atoms with E-state index in [1.165, 1.54) is 0 Å². The van der Waals surface area contributed by atoms with E-state index in [-0.39, 0.29) is 31.6 Å². The number of amides is 1. The third kappa shape index (κ3) is 4.53. The Bertz CT molecular complexity index is 732. The van der Waals surface area contributed by atoms with Gasteiger partial charge in [-0.1, -0.05) is 0 Å². The molecule has 1 aliphatic heterocycles. The third-order valence-corrected chi connectivity index (χ3v) is 6.28. The van der Waals surface area contributed by atoms with Crippen LogP contribution in [-0.4, -0.2) is 74.2 Å². The molecule has 1 heterocycles. The summed E-state index contributed by atoms with van der Waals surface area (Å²) in [6.07, 6.45) is 0. The minimum Gasteiger partial charge on any atom is -0.342 e. The van der Waals surface area contributed by atoms with Crippen LogP contribution in [0.1, 0.15) is 13.8 Å². The highest BCUT2D eigenvalue weighted by Gasteiger charge is 2.31. The molecule has 1 aromatic rings. The zero-order valence-electron chi connectivity index (χ0n) is 14.6. The van der Waals surface area contributed by atoms with E-state index in [0.717, 1.165) is 16.4 Å². The highest BCUT2D eigenvalue weighted by molar-refractivity contribution is 7.89. The second-order valence-corrected chi connectivity index (χ2v) is 8.26. The normalized spacial score (nSPS) is 17.0. The predicted molar refractivity (Wildman–Crippen MR) is 89.5 cm³/mol. The summed E-state index contributed by atoms with van der Waals surface area (Å²) in [5.41, 5.74) is 0. The van der Waals surface area contributed by atoms with Crippen LogP contribution in [0.15, 0.2) is 23.1 Å². The second-order valence-electron chi connectivity index (χ2n) is 6.35. The van der Waals surface area contributed by atoms with Crippen LogP contribution in [0, 0.1) is 11.6 Å². The van der Waals surface area contributed by atoms with Gasteiger partial charge < -0.3 is 4.90 Å². The van der Waals surface area contributed by atoms with E-state index in [0.29, 0.717) is 19.2 Å². The summed E-state index contributed by atoms with van der Waals surface area (Å²) in [4.78, 5) is 14.9. The monoisotopic (exact) mass is 375 g/mol. The lowest BCUT2D eigenvalue weighted by atomic mass is 10.3. The zero-order chi connectivity index (χ0) is 18.8. The molecule has 6 nitrogen and oxygen atoms in total. The molecule has 1 fully saturated rings. The summed E-state index contributed by atoms with van der Waals surface area (Å²) in [6.45, 7) is 4.98. The molecule has 2 rings (SSSR count). The van der Waals surface area contributed by atoms with Crippen molar-refractivity contribution < 1.29 is 22.0 Å². The SMILES string of the molecule is CC(C)N(C)C(=O)CN1CCN(S(=O)(=O)c2cc(F)ccc2F)CC1. The van der Waals surface area contributed by atoms with E-state index >= 15 is 0 Å². The van der Waals surface area contributed by atoms with E-state index in [9.17, 15) is 22.0 Å². The fourth-order valence-electron chi connectivity index (χ4n) is 2.53. The van der Waals surface area contributed by atoms with E-state index in [4.69, 9.17) is 0 Å². The highest BCUT2D eigenvalue weighted by atomic mass is 32.2. The third-order valence-electron chi connectivity index (χ3n) is 4.37. The average molecular weight is 375 g/mol. The fourth-order valence-corrected chi connectivity index (χ4v) is 4.03. The molecular formula is C16H23F2N3O3S. The largest absolute Gasteiger partial charge is 0.342 e. The van der Waals surface area contributed by atoms with E-state index in [1.807, 2.05) is 18.7 Å². The molecule has 0 aromatic heterocycles. The molecule has 1 aromatic carbocycles. The van der Waals surface area contributed by atoms with Gasteiger partial charge in [0.1, 0.15) is 16.5 Å². The quantitative estimate of drug-likeness (QED) is 0.774. The lowest BCUT2D eigenvalue weighted by Gasteiger charge is -2.34. The molecular weight excluding hydrogens is 352 g/mol. The Morgan fingerprint density at radius 2 is 1.80 bits per heavy atom. The number of nitrogens with zero attached hydrogens (tertiary/aromatic N) is 3. The maximum Gasteiger partial charge on any atom is 0.246 e. The molecule has 0 bridgehead atoms. The van der Waals surface area contributed by atoms with Crippen molar-refractivity contribution in [2.75, 3.05) is 39.8 Å². The molecule has 0 atom stereocenters. The zero-order valence-corrected chi connectivity index (χ0v) is 15.4. The number of carbonyl (C=O) groups is 1. The van der Waals surface area contributed by atoms with Crippen molar-refractivity contribution in [1.29, 1.82) is 0 Å². The lowest BCUT2D eigenvalue weighted by Crippen LogP contribution is -2.51. The maximum absolute atomic E-state index is 13.8. The molecule has 0 N–H and O–H groups in total. The van der Waals surface area contributed by atoms with Crippen molar-refractivity contribution in [3.63, 3.8) is 0 Å². The Morgan fingerprint density at radius 1 is 1.20 bits per heavy atom. The second kappa shape index (κ2) is 7.76. The number of carbonyl (C=O) groups excluding carboxylic acids is 1.